The van der Waals surface area contributed by atoms with Gasteiger partial charge in [-0.15, -0.1) is 0 Å². The van der Waals surface area contributed by atoms with Crippen LogP contribution in [0.15, 0.2) is 36.8 Å². The van der Waals surface area contributed by atoms with Crippen LogP contribution in [0.25, 0.3) is 11.1 Å². The third kappa shape index (κ3) is 5.26. The highest BCUT2D eigenvalue weighted by Crippen LogP contribution is 2.36. The third-order valence-corrected chi connectivity index (χ3v) is 5.64. The van der Waals surface area contributed by atoms with Crippen molar-refractivity contribution in [1.29, 1.82) is 5.26 Å². The lowest BCUT2D eigenvalue weighted by Gasteiger charge is -2.12. The molecule has 0 saturated heterocycles. The standard InChI is InChI=1S/C25H27N5O5/c1-17-10-18(19-12-22(33-3)24(27-13-19)35-9-8-34-7-6-32-2)11-20-15-30(25(31)23(17)20)21-14-28-29(16-21)5-4-26/h10-14,16H,5-9,15H2,1-3H3. The lowest BCUT2D eigenvalue weighted by atomic mass is 9.97. The van der Waals surface area contributed by atoms with Gasteiger partial charge in [0.05, 0.1) is 51.4 Å². The average molecular weight is 478 g/mol. The lowest BCUT2D eigenvalue weighted by molar-refractivity contribution is 0.0532. The number of nitrogens with zero attached hydrogens (tertiary/aromatic N) is 5. The zero-order chi connectivity index (χ0) is 24.8. The summed E-state index contributed by atoms with van der Waals surface area (Å²) < 4.78 is 23.1. The predicted molar refractivity (Wildman–Crippen MR) is 128 cm³/mol. The minimum Gasteiger partial charge on any atom is -0.491 e. The summed E-state index contributed by atoms with van der Waals surface area (Å²) in [5.41, 5.74) is 4.93. The largest absolute Gasteiger partial charge is 0.491 e. The molecule has 35 heavy (non-hydrogen) atoms. The molecule has 0 fully saturated rings. The number of methoxy groups -OCH3 is 2. The number of aryl methyl sites for hydroxylation is 1. The van der Waals surface area contributed by atoms with Crippen molar-refractivity contribution in [2.75, 3.05) is 45.5 Å². The maximum absolute atomic E-state index is 13.1. The average Bonchev–Trinajstić information content (AvgIpc) is 3.45. The van der Waals surface area contributed by atoms with Crippen LogP contribution in [0, 0.1) is 18.3 Å². The first-order chi connectivity index (χ1) is 17.0. The lowest BCUT2D eigenvalue weighted by Crippen LogP contribution is -2.22. The smallest absolute Gasteiger partial charge is 0.259 e. The van der Waals surface area contributed by atoms with Gasteiger partial charge in [0, 0.05) is 30.6 Å². The van der Waals surface area contributed by atoms with E-state index in [1.54, 1.807) is 37.7 Å². The Labute approximate surface area is 203 Å². The van der Waals surface area contributed by atoms with Crippen LogP contribution < -0.4 is 14.4 Å². The number of aromatic nitrogens is 3. The van der Waals surface area contributed by atoms with Crippen molar-refractivity contribution in [1.82, 2.24) is 14.8 Å². The van der Waals surface area contributed by atoms with E-state index in [0.717, 1.165) is 22.3 Å². The van der Waals surface area contributed by atoms with Crippen LogP contribution in [0.1, 0.15) is 21.5 Å². The molecule has 0 spiro atoms. The van der Waals surface area contributed by atoms with Crippen molar-refractivity contribution in [3.05, 3.63) is 53.5 Å². The number of anilines is 1. The molecule has 0 N–H and O–H groups in total. The Kier molecular flexibility index (Phi) is 7.60. The second-order valence-electron chi connectivity index (χ2n) is 7.96. The quantitative estimate of drug-likeness (QED) is 0.388. The van der Waals surface area contributed by atoms with E-state index in [9.17, 15) is 4.79 Å². The molecule has 0 bridgehead atoms. The van der Waals surface area contributed by atoms with E-state index in [0.29, 0.717) is 55.9 Å². The van der Waals surface area contributed by atoms with Crippen molar-refractivity contribution in [3.8, 4) is 28.8 Å². The zero-order valence-electron chi connectivity index (χ0n) is 20.0. The van der Waals surface area contributed by atoms with Gasteiger partial charge < -0.3 is 23.8 Å². The van der Waals surface area contributed by atoms with E-state index in [-0.39, 0.29) is 12.5 Å². The molecule has 4 rings (SSSR count). The molecule has 10 nitrogen and oxygen atoms in total. The second-order valence-corrected chi connectivity index (χ2v) is 7.96. The van der Waals surface area contributed by atoms with Crippen molar-refractivity contribution < 1.29 is 23.7 Å². The Morgan fingerprint density at radius 3 is 2.69 bits per heavy atom. The monoisotopic (exact) mass is 477 g/mol. The number of nitriles is 1. The number of benzene rings is 1. The fourth-order valence-electron chi connectivity index (χ4n) is 3.98. The third-order valence-electron chi connectivity index (χ3n) is 5.64. The van der Waals surface area contributed by atoms with Crippen LogP contribution in [0.2, 0.25) is 0 Å². The molecule has 182 valence electrons. The maximum atomic E-state index is 13.1. The number of fused-ring (bicyclic) bond motifs is 1. The van der Waals surface area contributed by atoms with Crippen LogP contribution in [-0.4, -0.2) is 61.3 Å². The molecule has 1 aliphatic rings. The molecule has 1 aromatic carbocycles. The minimum atomic E-state index is -0.0762. The van der Waals surface area contributed by atoms with Gasteiger partial charge in [-0.1, -0.05) is 6.07 Å². The van der Waals surface area contributed by atoms with Crippen molar-refractivity contribution in [3.63, 3.8) is 0 Å². The molecule has 2 aromatic heterocycles. The van der Waals surface area contributed by atoms with Crippen molar-refractivity contribution in [2.45, 2.75) is 20.0 Å². The molecule has 0 radical (unpaired) electrons. The molecular formula is C25H27N5O5. The highest BCUT2D eigenvalue weighted by atomic mass is 16.6. The normalized spacial score (nSPS) is 12.5. The van der Waals surface area contributed by atoms with Gasteiger partial charge in [-0.05, 0) is 35.7 Å². The van der Waals surface area contributed by atoms with Crippen LogP contribution in [-0.2, 0) is 22.6 Å². The minimum absolute atomic E-state index is 0.0762. The van der Waals surface area contributed by atoms with Crippen LogP contribution in [0.5, 0.6) is 11.6 Å². The summed E-state index contributed by atoms with van der Waals surface area (Å²) in [7, 11) is 3.19. The molecule has 0 aliphatic carbocycles. The Hall–Kier alpha value is -3.94. The first-order valence-electron chi connectivity index (χ1n) is 11.1. The number of hydrogen-bond acceptors (Lipinski definition) is 8. The fourth-order valence-corrected chi connectivity index (χ4v) is 3.98. The maximum Gasteiger partial charge on any atom is 0.259 e. The Morgan fingerprint density at radius 1 is 1.09 bits per heavy atom. The summed E-state index contributed by atoms with van der Waals surface area (Å²) in [5.74, 6) is 0.827. The molecule has 3 heterocycles. The van der Waals surface area contributed by atoms with Gasteiger partial charge in [-0.3, -0.25) is 9.48 Å². The van der Waals surface area contributed by atoms with Gasteiger partial charge in [0.2, 0.25) is 0 Å². The van der Waals surface area contributed by atoms with E-state index >= 15 is 0 Å². The SMILES string of the molecule is COCCOCCOc1ncc(-c2cc(C)c3c(c2)CN(c2cnn(CC#N)c2)C3=O)cc1OC. The number of amides is 1. The summed E-state index contributed by atoms with van der Waals surface area (Å²) in [6.07, 6.45) is 5.04. The molecule has 0 saturated carbocycles. The summed E-state index contributed by atoms with van der Waals surface area (Å²) in [6.45, 7) is 4.28. The van der Waals surface area contributed by atoms with Crippen molar-refractivity contribution >= 4 is 11.6 Å². The van der Waals surface area contributed by atoms with Gasteiger partial charge in [-0.2, -0.15) is 10.4 Å². The van der Waals surface area contributed by atoms with Gasteiger partial charge in [0.15, 0.2) is 5.75 Å². The highest BCUT2D eigenvalue weighted by molar-refractivity contribution is 6.11. The Bertz CT molecular complexity index is 1250. The van der Waals surface area contributed by atoms with Gasteiger partial charge >= 0.3 is 0 Å². The van der Waals surface area contributed by atoms with E-state index < -0.39 is 0 Å². The fraction of sp³-hybridized carbons (Fsp3) is 0.360. The zero-order valence-corrected chi connectivity index (χ0v) is 20.0. The molecule has 1 amide bonds. The first kappa shape index (κ1) is 24.2. The topological polar surface area (TPSA) is 112 Å². The van der Waals surface area contributed by atoms with E-state index in [1.165, 1.54) is 4.68 Å². The Balaban J connectivity index is 1.51. The van der Waals surface area contributed by atoms with Crippen LogP contribution >= 0.6 is 0 Å². The highest BCUT2D eigenvalue weighted by Gasteiger charge is 2.31. The van der Waals surface area contributed by atoms with Gasteiger partial charge in [0.25, 0.3) is 11.8 Å². The summed E-state index contributed by atoms with van der Waals surface area (Å²) in [4.78, 5) is 19.2. The number of ether oxygens (including phenoxy) is 4. The predicted octanol–water partition coefficient (Wildman–Crippen LogP) is 2.99. The molecule has 3 aromatic rings. The molecule has 1 aliphatic heterocycles. The number of carbonyl (C=O) groups is 1. The number of carbonyl (C=O) groups excluding carboxylic acids is 1. The van der Waals surface area contributed by atoms with Crippen molar-refractivity contribution in [2.24, 2.45) is 0 Å². The molecular weight excluding hydrogens is 450 g/mol. The number of hydrogen-bond donors (Lipinski definition) is 0. The van der Waals surface area contributed by atoms with Gasteiger partial charge in [0.1, 0.15) is 13.2 Å². The number of pyridine rings is 1. The summed E-state index contributed by atoms with van der Waals surface area (Å²) in [5, 5.41) is 13.0. The van der Waals surface area contributed by atoms with Crippen LogP contribution in [0.4, 0.5) is 5.69 Å². The van der Waals surface area contributed by atoms with E-state index in [4.69, 9.17) is 24.2 Å². The Morgan fingerprint density at radius 2 is 1.91 bits per heavy atom. The first-order valence-corrected chi connectivity index (χ1v) is 11.1. The van der Waals surface area contributed by atoms with E-state index in [2.05, 4.69) is 10.1 Å². The summed E-state index contributed by atoms with van der Waals surface area (Å²) in [6, 6.07) is 7.89. The summed E-state index contributed by atoms with van der Waals surface area (Å²) >= 11 is 0. The van der Waals surface area contributed by atoms with Gasteiger partial charge in [-0.25, -0.2) is 4.98 Å². The van der Waals surface area contributed by atoms with E-state index in [1.807, 2.05) is 31.2 Å². The molecule has 0 atom stereocenters. The second kappa shape index (κ2) is 11.0. The molecule has 10 heteroatoms. The number of rotatable bonds is 11. The van der Waals surface area contributed by atoms with Crippen LogP contribution in [0.3, 0.4) is 0 Å². The molecule has 0 unspecified atom stereocenters.